The van der Waals surface area contributed by atoms with E-state index >= 15 is 0 Å². The van der Waals surface area contributed by atoms with Gasteiger partial charge in [0.15, 0.2) is 0 Å². The fourth-order valence-corrected chi connectivity index (χ4v) is 4.81. The number of halogens is 1. The van der Waals surface area contributed by atoms with Crippen LogP contribution in [0.3, 0.4) is 0 Å². The van der Waals surface area contributed by atoms with Crippen molar-refractivity contribution < 1.29 is 9.59 Å². The third kappa shape index (κ3) is 3.72. The van der Waals surface area contributed by atoms with Crippen LogP contribution in [0, 0.1) is 0 Å². The number of urea groups is 1. The molecule has 1 aromatic heterocycles. The molecule has 2 aromatic carbocycles. The van der Waals surface area contributed by atoms with Crippen molar-refractivity contribution >= 4 is 68.5 Å². The molecular weight excluding hydrogens is 480 g/mol. The van der Waals surface area contributed by atoms with E-state index in [2.05, 4.69) is 36.5 Å². The Labute approximate surface area is 191 Å². The molecule has 3 amide bonds. The highest BCUT2D eigenvalue weighted by Crippen LogP contribution is 2.36. The molecule has 3 heterocycles. The molecule has 2 aliphatic rings. The third-order valence-corrected chi connectivity index (χ3v) is 6.76. The summed E-state index contributed by atoms with van der Waals surface area (Å²) in [6, 6.07) is 13.1. The molecule has 0 saturated carbocycles. The van der Waals surface area contributed by atoms with Crippen LogP contribution in [0.2, 0.25) is 0 Å². The lowest BCUT2D eigenvalue weighted by Gasteiger charge is -2.34. The molecule has 156 valence electrons. The highest BCUT2D eigenvalue weighted by molar-refractivity contribution is 9.10. The van der Waals surface area contributed by atoms with E-state index in [-0.39, 0.29) is 11.9 Å². The maximum absolute atomic E-state index is 13.0. The minimum Gasteiger partial charge on any atom is -0.324 e. The van der Waals surface area contributed by atoms with Crippen LogP contribution in [-0.4, -0.2) is 34.7 Å². The fraction of sp³-hybridized carbons (Fsp3) is 0.143. The second-order valence-electron chi connectivity index (χ2n) is 7.09. The molecule has 0 aliphatic carbocycles. The van der Waals surface area contributed by atoms with Gasteiger partial charge in [-0.05, 0) is 46.3 Å². The van der Waals surface area contributed by atoms with Crippen molar-refractivity contribution in [3.05, 3.63) is 58.7 Å². The largest absolute Gasteiger partial charge is 0.330 e. The summed E-state index contributed by atoms with van der Waals surface area (Å²) in [7, 11) is 1.70. The van der Waals surface area contributed by atoms with Crippen LogP contribution in [0.4, 0.5) is 33.6 Å². The maximum atomic E-state index is 13.0. The first-order chi connectivity index (χ1) is 15.0. The molecule has 2 aliphatic heterocycles. The van der Waals surface area contributed by atoms with Crippen LogP contribution in [-0.2, 0) is 11.3 Å². The summed E-state index contributed by atoms with van der Waals surface area (Å²) in [5, 5.41) is 6.04. The van der Waals surface area contributed by atoms with Crippen LogP contribution in [0.15, 0.2) is 58.0 Å². The lowest BCUT2D eigenvalue weighted by Crippen LogP contribution is -2.46. The second-order valence-corrected chi connectivity index (χ2v) is 8.97. The van der Waals surface area contributed by atoms with Gasteiger partial charge in [0, 0.05) is 33.9 Å². The molecular formula is C21H17BrN6O2S. The summed E-state index contributed by atoms with van der Waals surface area (Å²) < 4.78 is 0.845. The Morgan fingerprint density at radius 1 is 1.19 bits per heavy atom. The second kappa shape index (κ2) is 7.86. The number of thioether (sulfide) groups is 1. The normalized spacial score (nSPS) is 15.3. The predicted octanol–water partition coefficient (Wildman–Crippen LogP) is 4.60. The Hall–Kier alpha value is -3.11. The molecule has 3 aromatic rings. The third-order valence-electron chi connectivity index (χ3n) is 5.02. The quantitative estimate of drug-likeness (QED) is 0.550. The molecule has 5 rings (SSSR count). The van der Waals surface area contributed by atoms with Crippen LogP contribution in [0.1, 0.15) is 5.56 Å². The van der Waals surface area contributed by atoms with Gasteiger partial charge < -0.3 is 10.6 Å². The van der Waals surface area contributed by atoms with Gasteiger partial charge in [0.2, 0.25) is 11.9 Å². The number of hydrogen-bond acceptors (Lipinski definition) is 6. The Kier molecular flexibility index (Phi) is 5.03. The van der Waals surface area contributed by atoms with Crippen LogP contribution in [0.25, 0.3) is 0 Å². The minimum absolute atomic E-state index is 0.0191. The number of carbonyl (C=O) groups excluding carboxylic acids is 2. The lowest BCUT2D eigenvalue weighted by atomic mass is 10.2. The van der Waals surface area contributed by atoms with Gasteiger partial charge in [-0.25, -0.2) is 9.78 Å². The average molecular weight is 497 g/mol. The molecule has 2 N–H and O–H groups in total. The number of fused-ring (bicyclic) bond motifs is 2. The summed E-state index contributed by atoms with van der Waals surface area (Å²) in [6.45, 7) is 0.378. The van der Waals surface area contributed by atoms with E-state index in [4.69, 9.17) is 0 Å². The van der Waals surface area contributed by atoms with E-state index < -0.39 is 0 Å². The number of anilines is 5. The number of rotatable bonds is 3. The van der Waals surface area contributed by atoms with Gasteiger partial charge in [0.1, 0.15) is 5.82 Å². The van der Waals surface area contributed by atoms with E-state index in [1.165, 1.54) is 16.7 Å². The molecule has 10 heteroatoms. The van der Waals surface area contributed by atoms with Gasteiger partial charge >= 0.3 is 6.03 Å². The monoisotopic (exact) mass is 496 g/mol. The number of amides is 3. The van der Waals surface area contributed by atoms with Gasteiger partial charge in [-0.2, -0.15) is 4.98 Å². The molecule has 0 atom stereocenters. The number of nitrogens with one attached hydrogen (secondary N) is 2. The lowest BCUT2D eigenvalue weighted by molar-refractivity contribution is -0.113. The Bertz CT molecular complexity index is 1220. The van der Waals surface area contributed by atoms with E-state index in [1.54, 1.807) is 18.1 Å². The zero-order valence-corrected chi connectivity index (χ0v) is 18.8. The molecule has 31 heavy (non-hydrogen) atoms. The first-order valence-corrected chi connectivity index (χ1v) is 11.3. The Morgan fingerprint density at radius 2 is 2.03 bits per heavy atom. The van der Waals surface area contributed by atoms with E-state index in [1.807, 2.05) is 42.5 Å². The number of benzene rings is 2. The summed E-state index contributed by atoms with van der Waals surface area (Å²) in [4.78, 5) is 37.9. The fourth-order valence-electron chi connectivity index (χ4n) is 3.52. The average Bonchev–Trinajstić information content (AvgIpc) is 2.77. The van der Waals surface area contributed by atoms with E-state index in [0.717, 1.165) is 32.0 Å². The zero-order valence-electron chi connectivity index (χ0n) is 16.4. The van der Waals surface area contributed by atoms with Gasteiger partial charge in [0.25, 0.3) is 0 Å². The Morgan fingerprint density at radius 3 is 2.87 bits per heavy atom. The molecule has 0 bridgehead atoms. The highest BCUT2D eigenvalue weighted by Gasteiger charge is 2.31. The van der Waals surface area contributed by atoms with Crippen molar-refractivity contribution in [2.45, 2.75) is 11.4 Å². The first-order valence-electron chi connectivity index (χ1n) is 9.49. The van der Waals surface area contributed by atoms with Gasteiger partial charge in [-0.3, -0.25) is 14.6 Å². The molecule has 0 fully saturated rings. The molecule has 0 radical (unpaired) electrons. The summed E-state index contributed by atoms with van der Waals surface area (Å²) >= 11 is 5.02. The van der Waals surface area contributed by atoms with Gasteiger partial charge in [-0.1, -0.05) is 12.1 Å². The summed E-state index contributed by atoms with van der Waals surface area (Å²) in [5.74, 6) is 1.34. The van der Waals surface area contributed by atoms with Crippen molar-refractivity contribution in [2.75, 3.05) is 33.2 Å². The number of nitrogens with zero attached hydrogens (tertiary/aromatic N) is 4. The van der Waals surface area contributed by atoms with Gasteiger partial charge in [-0.15, -0.1) is 11.8 Å². The molecule has 0 spiro atoms. The smallest absolute Gasteiger partial charge is 0.324 e. The minimum atomic E-state index is -0.169. The first kappa shape index (κ1) is 19.8. The molecule has 0 saturated heterocycles. The number of carbonyl (C=O) groups is 2. The van der Waals surface area contributed by atoms with E-state index in [0.29, 0.717) is 24.1 Å². The van der Waals surface area contributed by atoms with Crippen molar-refractivity contribution in [2.24, 2.45) is 0 Å². The Balaban J connectivity index is 1.42. The zero-order chi connectivity index (χ0) is 21.5. The van der Waals surface area contributed by atoms with Crippen molar-refractivity contribution in [1.29, 1.82) is 0 Å². The molecule has 8 nitrogen and oxygen atoms in total. The number of para-hydroxylation sites is 1. The van der Waals surface area contributed by atoms with E-state index in [9.17, 15) is 9.59 Å². The summed E-state index contributed by atoms with van der Waals surface area (Å²) in [6.07, 6.45) is 1.73. The number of hydrogen-bond donors (Lipinski definition) is 2. The van der Waals surface area contributed by atoms with Crippen LogP contribution in [0.5, 0.6) is 0 Å². The highest BCUT2D eigenvalue weighted by atomic mass is 79.9. The topological polar surface area (TPSA) is 90.5 Å². The SMILES string of the molecule is CN1C(=O)N(c2ccccc2Br)Cc2cnc(Nc3ccc4c(c3)NC(=O)CS4)nc21. The molecule has 0 unspecified atom stereocenters. The van der Waals surface area contributed by atoms with Crippen LogP contribution >= 0.6 is 27.7 Å². The summed E-state index contributed by atoms with van der Waals surface area (Å²) in [5.41, 5.74) is 3.15. The van der Waals surface area contributed by atoms with Crippen molar-refractivity contribution in [3.8, 4) is 0 Å². The predicted molar refractivity (Wildman–Crippen MR) is 125 cm³/mol. The van der Waals surface area contributed by atoms with Crippen molar-refractivity contribution in [3.63, 3.8) is 0 Å². The van der Waals surface area contributed by atoms with Gasteiger partial charge in [0.05, 0.1) is 23.7 Å². The standard InChI is InChI=1S/C21H17BrN6O2S/c1-27-19-12(10-28(21(27)30)16-5-3-2-4-14(16)22)9-23-20(26-19)24-13-6-7-17-15(8-13)25-18(29)11-31-17/h2-9H,10-11H2,1H3,(H,25,29)(H,23,24,26). The number of aromatic nitrogens is 2. The van der Waals surface area contributed by atoms with Crippen LogP contribution < -0.4 is 20.4 Å². The van der Waals surface area contributed by atoms with Crippen molar-refractivity contribution in [1.82, 2.24) is 9.97 Å². The maximum Gasteiger partial charge on any atom is 0.330 e.